The minimum atomic E-state index is -0.267. The van der Waals surface area contributed by atoms with E-state index in [1.165, 1.54) is 11.8 Å². The van der Waals surface area contributed by atoms with Gasteiger partial charge in [-0.05, 0) is 74.2 Å². The van der Waals surface area contributed by atoms with Gasteiger partial charge in [0.05, 0.1) is 28.9 Å². The summed E-state index contributed by atoms with van der Waals surface area (Å²) in [5.74, 6) is 2.36. The van der Waals surface area contributed by atoms with Gasteiger partial charge in [-0.1, -0.05) is 30.8 Å². The molecule has 1 aliphatic heterocycles. The van der Waals surface area contributed by atoms with Crippen molar-refractivity contribution in [1.29, 1.82) is 0 Å². The minimum absolute atomic E-state index is 0.0801. The summed E-state index contributed by atoms with van der Waals surface area (Å²) in [6.07, 6.45) is 2.70. The average molecular weight is 473 g/mol. The Morgan fingerprint density at radius 1 is 1.21 bits per heavy atom. The van der Waals surface area contributed by atoms with Crippen LogP contribution < -0.4 is 9.64 Å². The first-order chi connectivity index (χ1) is 16.4. The van der Waals surface area contributed by atoms with E-state index in [4.69, 9.17) is 4.74 Å². The van der Waals surface area contributed by atoms with Crippen LogP contribution in [0.4, 0.5) is 5.69 Å². The summed E-state index contributed by atoms with van der Waals surface area (Å²) in [5, 5.41) is 0.811. The summed E-state index contributed by atoms with van der Waals surface area (Å²) in [7, 11) is 1.67. The van der Waals surface area contributed by atoms with E-state index in [-0.39, 0.29) is 11.4 Å². The number of nitrogens with one attached hydrogen (secondary N) is 1. The molecular weight excluding hydrogens is 444 g/mol. The van der Waals surface area contributed by atoms with E-state index in [1.54, 1.807) is 13.3 Å². The summed E-state index contributed by atoms with van der Waals surface area (Å²) in [4.78, 5) is 27.9. The Balaban J connectivity index is 1.32. The van der Waals surface area contributed by atoms with Crippen molar-refractivity contribution in [2.75, 3.05) is 17.8 Å². The number of fused-ring (bicyclic) bond motifs is 2. The highest BCUT2D eigenvalue weighted by molar-refractivity contribution is 7.99. The molecule has 0 saturated heterocycles. The Kier molecular flexibility index (Phi) is 5.81. The monoisotopic (exact) mass is 472 g/mol. The van der Waals surface area contributed by atoms with E-state index in [9.17, 15) is 4.79 Å². The van der Waals surface area contributed by atoms with Gasteiger partial charge in [0.25, 0.3) is 0 Å². The van der Waals surface area contributed by atoms with Gasteiger partial charge in [0, 0.05) is 23.0 Å². The lowest BCUT2D eigenvalue weighted by molar-refractivity contribution is -0.117. The smallest absolute Gasteiger partial charge is 0.237 e. The summed E-state index contributed by atoms with van der Waals surface area (Å²) < 4.78 is 5.42. The van der Waals surface area contributed by atoms with Gasteiger partial charge in [-0.2, -0.15) is 0 Å². The van der Waals surface area contributed by atoms with Crippen LogP contribution in [-0.4, -0.2) is 39.3 Å². The van der Waals surface area contributed by atoms with Crippen LogP contribution in [0.15, 0.2) is 65.8 Å². The molecule has 4 aromatic rings. The number of thioether (sulfide) groups is 1. The van der Waals surface area contributed by atoms with Crippen molar-refractivity contribution in [1.82, 2.24) is 15.0 Å². The van der Waals surface area contributed by atoms with Gasteiger partial charge in [0.1, 0.15) is 11.6 Å². The van der Waals surface area contributed by atoms with Crippen LogP contribution in [-0.2, 0) is 4.79 Å². The number of H-pyrrole nitrogens is 1. The number of aromatic nitrogens is 3. The number of hydrogen-bond acceptors (Lipinski definition) is 5. The molecule has 0 fully saturated rings. The molecule has 1 aliphatic rings. The SMILES string of the molecule is COc1ccc2c(c1)[C@@H](C)CC(C)(C)N2C(=O)CSc1ccc(-c2nc3ccccc3[nH]2)cn1. The molecule has 0 aliphatic carbocycles. The Morgan fingerprint density at radius 2 is 2.03 bits per heavy atom. The molecule has 0 unspecified atom stereocenters. The quantitative estimate of drug-likeness (QED) is 0.358. The first-order valence-electron chi connectivity index (χ1n) is 11.4. The van der Waals surface area contributed by atoms with Crippen molar-refractivity contribution in [3.05, 3.63) is 66.4 Å². The van der Waals surface area contributed by atoms with Crippen LogP contribution in [0, 0.1) is 0 Å². The van der Waals surface area contributed by atoms with E-state index < -0.39 is 0 Å². The van der Waals surface area contributed by atoms with Gasteiger partial charge in [0.15, 0.2) is 0 Å². The molecule has 0 bridgehead atoms. The van der Waals surface area contributed by atoms with E-state index in [1.807, 2.05) is 53.4 Å². The maximum absolute atomic E-state index is 13.4. The van der Waals surface area contributed by atoms with E-state index in [2.05, 4.69) is 41.8 Å². The molecular formula is C27H28N4O2S. The van der Waals surface area contributed by atoms with Crippen LogP contribution in [0.3, 0.4) is 0 Å². The van der Waals surface area contributed by atoms with Gasteiger partial charge >= 0.3 is 0 Å². The first kappa shape index (κ1) is 22.5. The Morgan fingerprint density at radius 3 is 2.76 bits per heavy atom. The highest BCUT2D eigenvalue weighted by Gasteiger charge is 2.39. The zero-order valence-corrected chi connectivity index (χ0v) is 20.6. The van der Waals surface area contributed by atoms with Crippen molar-refractivity contribution >= 4 is 34.4 Å². The van der Waals surface area contributed by atoms with Crippen LogP contribution in [0.25, 0.3) is 22.4 Å². The Bertz CT molecular complexity index is 1310. The number of anilines is 1. The number of ether oxygens (including phenoxy) is 1. The number of carbonyl (C=O) groups is 1. The van der Waals surface area contributed by atoms with E-state index in [0.29, 0.717) is 11.7 Å². The minimum Gasteiger partial charge on any atom is -0.497 e. The Labute approximate surface area is 203 Å². The lowest BCUT2D eigenvalue weighted by atomic mass is 9.80. The number of para-hydroxylation sites is 2. The third-order valence-electron chi connectivity index (χ3n) is 6.41. The molecule has 0 radical (unpaired) electrons. The van der Waals surface area contributed by atoms with E-state index in [0.717, 1.165) is 50.9 Å². The lowest BCUT2D eigenvalue weighted by Gasteiger charge is -2.46. The van der Waals surface area contributed by atoms with Crippen molar-refractivity contribution in [3.63, 3.8) is 0 Å². The van der Waals surface area contributed by atoms with Crippen molar-refractivity contribution in [2.45, 2.75) is 43.7 Å². The standard InChI is InChI=1S/C27H28N4O2S/c1-17-14-27(2,3)31(23-11-10-19(33-4)13-20(17)23)25(32)16-34-24-12-9-18(15-28-24)26-29-21-7-5-6-8-22(21)30-26/h5-13,15,17H,14,16H2,1-4H3,(H,29,30)/t17-/m0/s1. The molecule has 7 heteroatoms. The number of carbonyl (C=O) groups excluding carboxylic acids is 1. The molecule has 2 aromatic heterocycles. The lowest BCUT2D eigenvalue weighted by Crippen LogP contribution is -2.52. The fourth-order valence-electron chi connectivity index (χ4n) is 4.90. The number of benzene rings is 2. The zero-order valence-electron chi connectivity index (χ0n) is 19.8. The molecule has 2 aromatic carbocycles. The molecule has 1 amide bonds. The fourth-order valence-corrected chi connectivity index (χ4v) is 5.59. The number of aromatic amines is 1. The van der Waals surface area contributed by atoms with Crippen LogP contribution in [0.5, 0.6) is 5.75 Å². The molecule has 1 N–H and O–H groups in total. The summed E-state index contributed by atoms with van der Waals surface area (Å²) in [6.45, 7) is 6.49. The van der Waals surface area contributed by atoms with Crippen molar-refractivity contribution < 1.29 is 9.53 Å². The number of pyridine rings is 1. The third-order valence-corrected chi connectivity index (χ3v) is 7.34. The zero-order chi connectivity index (χ0) is 23.9. The molecule has 5 rings (SSSR count). The van der Waals surface area contributed by atoms with Gasteiger partial charge in [-0.15, -0.1) is 0 Å². The van der Waals surface area contributed by atoms with E-state index >= 15 is 0 Å². The molecule has 6 nitrogen and oxygen atoms in total. The maximum atomic E-state index is 13.4. The number of hydrogen-bond donors (Lipinski definition) is 1. The number of nitrogens with zero attached hydrogens (tertiary/aromatic N) is 3. The average Bonchev–Trinajstić information content (AvgIpc) is 3.27. The predicted octanol–water partition coefficient (Wildman–Crippen LogP) is 6.04. The van der Waals surface area contributed by atoms with Crippen molar-refractivity contribution in [3.8, 4) is 17.1 Å². The topological polar surface area (TPSA) is 71.1 Å². The maximum Gasteiger partial charge on any atom is 0.237 e. The van der Waals surface area contributed by atoms with Crippen molar-refractivity contribution in [2.24, 2.45) is 0 Å². The molecule has 174 valence electrons. The number of methoxy groups -OCH3 is 1. The van der Waals surface area contributed by atoms with Gasteiger partial charge in [0.2, 0.25) is 5.91 Å². The van der Waals surface area contributed by atoms with Crippen LogP contribution >= 0.6 is 11.8 Å². The first-order valence-corrected chi connectivity index (χ1v) is 12.4. The molecule has 34 heavy (non-hydrogen) atoms. The molecule has 0 saturated carbocycles. The van der Waals surface area contributed by atoms with Gasteiger partial charge < -0.3 is 14.6 Å². The number of rotatable bonds is 5. The van der Waals surface area contributed by atoms with Crippen LogP contribution in [0.1, 0.15) is 38.7 Å². The van der Waals surface area contributed by atoms with Gasteiger partial charge in [-0.25, -0.2) is 9.97 Å². The fraction of sp³-hybridized carbons (Fsp3) is 0.296. The predicted molar refractivity (Wildman–Crippen MR) is 138 cm³/mol. The highest BCUT2D eigenvalue weighted by atomic mass is 32.2. The summed E-state index contributed by atoms with van der Waals surface area (Å²) >= 11 is 1.46. The summed E-state index contributed by atoms with van der Waals surface area (Å²) in [5.41, 5.74) is 4.71. The molecule has 0 spiro atoms. The second-order valence-corrected chi connectivity index (χ2v) is 10.3. The summed E-state index contributed by atoms with van der Waals surface area (Å²) in [6, 6.07) is 17.9. The Hall–Kier alpha value is -3.32. The third kappa shape index (κ3) is 4.16. The second kappa shape index (κ2) is 8.80. The second-order valence-electron chi connectivity index (χ2n) is 9.35. The molecule has 1 atom stereocenters. The number of amides is 1. The van der Waals surface area contributed by atoms with Crippen LogP contribution in [0.2, 0.25) is 0 Å². The van der Waals surface area contributed by atoms with Gasteiger partial charge in [-0.3, -0.25) is 4.79 Å². The normalized spacial score (nSPS) is 16.9. The molecule has 3 heterocycles. The number of imidazole rings is 1. The largest absolute Gasteiger partial charge is 0.497 e. The highest BCUT2D eigenvalue weighted by Crippen LogP contribution is 2.45.